The van der Waals surface area contributed by atoms with E-state index < -0.39 is 28.8 Å². The maximum absolute atomic E-state index is 13.3. The van der Waals surface area contributed by atoms with E-state index in [1.54, 1.807) is 13.0 Å². The summed E-state index contributed by atoms with van der Waals surface area (Å²) in [7, 11) is 0. The minimum Gasteiger partial charge on any atom is -0.384 e. The van der Waals surface area contributed by atoms with Crippen LogP contribution in [0, 0.1) is 0 Å². The van der Waals surface area contributed by atoms with E-state index in [-0.39, 0.29) is 31.0 Å². The van der Waals surface area contributed by atoms with E-state index in [9.17, 15) is 27.6 Å². The van der Waals surface area contributed by atoms with Gasteiger partial charge in [0.05, 0.1) is 38.3 Å². The molecular formula is C26H29F3N5O3+. The first-order valence-electron chi connectivity index (χ1n) is 12.1. The summed E-state index contributed by atoms with van der Waals surface area (Å²) in [5, 5.41) is 0. The Morgan fingerprint density at radius 3 is 2.30 bits per heavy atom. The molecule has 1 fully saturated rings. The lowest BCUT2D eigenvalue weighted by atomic mass is 10.1. The number of nitrogens with one attached hydrogen (secondary N) is 1. The van der Waals surface area contributed by atoms with E-state index in [2.05, 4.69) is 0 Å². The lowest BCUT2D eigenvalue weighted by Crippen LogP contribution is -3.15. The van der Waals surface area contributed by atoms with Crippen LogP contribution in [-0.2, 0) is 19.3 Å². The Kier molecular flexibility index (Phi) is 7.53. The number of nitrogens with zero attached hydrogens (tertiary/aromatic N) is 3. The maximum Gasteiger partial charge on any atom is 0.416 e. The van der Waals surface area contributed by atoms with Crippen LogP contribution in [0.1, 0.15) is 28.4 Å². The Hall–Kier alpha value is -3.86. The number of hydrogen-bond donors (Lipinski definition) is 2. The molecule has 196 valence electrons. The second kappa shape index (κ2) is 10.6. The van der Waals surface area contributed by atoms with Gasteiger partial charge in [0, 0.05) is 12.2 Å². The molecule has 0 radical (unpaired) electrons. The summed E-state index contributed by atoms with van der Waals surface area (Å²) < 4.78 is 41.5. The van der Waals surface area contributed by atoms with Crippen molar-refractivity contribution in [1.29, 1.82) is 0 Å². The second-order valence-corrected chi connectivity index (χ2v) is 9.05. The largest absolute Gasteiger partial charge is 0.416 e. The number of aromatic nitrogens is 2. The van der Waals surface area contributed by atoms with Crippen LogP contribution in [0.25, 0.3) is 0 Å². The second-order valence-electron chi connectivity index (χ2n) is 9.05. The maximum atomic E-state index is 13.3. The van der Waals surface area contributed by atoms with E-state index in [0.717, 1.165) is 27.2 Å². The Morgan fingerprint density at radius 1 is 1.00 bits per heavy atom. The van der Waals surface area contributed by atoms with Crippen molar-refractivity contribution in [3.8, 4) is 0 Å². The lowest BCUT2D eigenvalue weighted by molar-refractivity contribution is -0.892. The van der Waals surface area contributed by atoms with Crippen molar-refractivity contribution in [3.05, 3.63) is 92.1 Å². The molecule has 2 heterocycles. The highest BCUT2D eigenvalue weighted by Gasteiger charge is 2.32. The van der Waals surface area contributed by atoms with Gasteiger partial charge < -0.3 is 15.5 Å². The molecule has 3 aromatic rings. The number of halogens is 3. The Morgan fingerprint density at radius 2 is 1.68 bits per heavy atom. The summed E-state index contributed by atoms with van der Waals surface area (Å²) >= 11 is 0. The SMILES string of the molecule is CCn1c(=O)c(C(=O)C[NH+]2CCN(c3cccc(C(F)(F)F)c3)CC2)c(N)n(Cc2ccccc2)c1=O. The number of quaternary nitrogens is 1. The van der Waals surface area contributed by atoms with Crippen molar-refractivity contribution in [1.82, 2.24) is 9.13 Å². The number of benzene rings is 2. The molecule has 0 atom stereocenters. The first-order chi connectivity index (χ1) is 17.6. The number of carbonyl (C=O) groups is 1. The van der Waals surface area contributed by atoms with Crippen LogP contribution in [-0.4, -0.2) is 47.6 Å². The van der Waals surface area contributed by atoms with Gasteiger partial charge in [-0.25, -0.2) is 4.79 Å². The Labute approximate surface area is 211 Å². The standard InChI is InChI=1S/C26H28F3N5O3/c1-2-33-24(36)22(23(30)34(25(33)37)16-18-7-4-3-5-8-18)21(35)17-31-11-13-32(14-12-31)20-10-6-9-19(15-20)26(27,28)29/h3-10,15H,2,11-14,16-17,30H2,1H3/p+1. The number of rotatable bonds is 7. The molecule has 1 aliphatic rings. The first kappa shape index (κ1) is 26.2. The fraction of sp³-hybridized carbons (Fsp3) is 0.346. The summed E-state index contributed by atoms with van der Waals surface area (Å²) in [5.41, 5.74) is 5.31. The van der Waals surface area contributed by atoms with Gasteiger partial charge in [0.15, 0.2) is 0 Å². The lowest BCUT2D eigenvalue weighted by Gasteiger charge is -2.33. The number of anilines is 2. The number of hydrogen-bond acceptors (Lipinski definition) is 5. The van der Waals surface area contributed by atoms with Crippen molar-refractivity contribution >= 4 is 17.3 Å². The quantitative estimate of drug-likeness (QED) is 0.462. The highest BCUT2D eigenvalue weighted by Crippen LogP contribution is 2.31. The van der Waals surface area contributed by atoms with Crippen LogP contribution in [0.4, 0.5) is 24.7 Å². The van der Waals surface area contributed by atoms with Gasteiger partial charge in [0.25, 0.3) is 5.56 Å². The molecule has 11 heteroatoms. The zero-order valence-electron chi connectivity index (χ0n) is 20.4. The Bertz CT molecular complexity index is 1390. The minimum atomic E-state index is -4.42. The topological polar surface area (TPSA) is 94.8 Å². The predicted octanol–water partition coefficient (Wildman–Crippen LogP) is 1.27. The summed E-state index contributed by atoms with van der Waals surface area (Å²) in [5.74, 6) is -0.621. The third-order valence-corrected chi connectivity index (χ3v) is 6.67. The monoisotopic (exact) mass is 516 g/mol. The Balaban J connectivity index is 1.51. The highest BCUT2D eigenvalue weighted by molar-refractivity contribution is 6.00. The smallest absolute Gasteiger partial charge is 0.384 e. The van der Waals surface area contributed by atoms with E-state index in [1.807, 2.05) is 35.2 Å². The molecule has 0 bridgehead atoms. The van der Waals surface area contributed by atoms with Gasteiger partial charge in [-0.3, -0.25) is 18.7 Å². The molecule has 0 amide bonds. The van der Waals surface area contributed by atoms with E-state index in [1.165, 1.54) is 10.6 Å². The molecule has 0 unspecified atom stereocenters. The average Bonchev–Trinajstić information content (AvgIpc) is 2.87. The van der Waals surface area contributed by atoms with Gasteiger partial charge in [-0.1, -0.05) is 36.4 Å². The van der Waals surface area contributed by atoms with E-state index in [4.69, 9.17) is 5.73 Å². The number of Topliss-reactive ketones (excluding diaryl/α,β-unsaturated/α-hetero) is 1. The molecule has 3 N–H and O–H groups in total. The van der Waals surface area contributed by atoms with Crippen LogP contribution in [0.3, 0.4) is 0 Å². The molecular weight excluding hydrogens is 487 g/mol. The van der Waals surface area contributed by atoms with Gasteiger partial charge >= 0.3 is 11.9 Å². The predicted molar refractivity (Wildman–Crippen MR) is 134 cm³/mol. The van der Waals surface area contributed by atoms with Crippen LogP contribution in [0.15, 0.2) is 64.2 Å². The molecule has 0 aliphatic carbocycles. The molecule has 37 heavy (non-hydrogen) atoms. The normalized spacial score (nSPS) is 14.6. The van der Waals surface area contributed by atoms with Gasteiger partial charge in [-0.05, 0) is 30.7 Å². The fourth-order valence-electron chi connectivity index (χ4n) is 4.63. The molecule has 1 saturated heterocycles. The number of carbonyl (C=O) groups excluding carboxylic acids is 1. The number of ketones is 1. The van der Waals surface area contributed by atoms with Crippen molar-refractivity contribution in [2.45, 2.75) is 26.2 Å². The summed E-state index contributed by atoms with van der Waals surface area (Å²) in [6, 6.07) is 14.3. The number of nitrogens with two attached hydrogens (primary N) is 1. The molecule has 0 saturated carbocycles. The van der Waals surface area contributed by atoms with E-state index in [0.29, 0.717) is 31.9 Å². The fourth-order valence-corrected chi connectivity index (χ4v) is 4.63. The number of piperazine rings is 1. The third-order valence-electron chi connectivity index (χ3n) is 6.67. The van der Waals surface area contributed by atoms with Gasteiger partial charge in [-0.2, -0.15) is 13.2 Å². The van der Waals surface area contributed by atoms with Gasteiger partial charge in [-0.15, -0.1) is 0 Å². The summed E-state index contributed by atoms with van der Waals surface area (Å²) in [6.45, 7) is 3.74. The summed E-state index contributed by atoms with van der Waals surface area (Å²) in [4.78, 5) is 42.0. The van der Waals surface area contributed by atoms with Crippen molar-refractivity contribution in [3.63, 3.8) is 0 Å². The van der Waals surface area contributed by atoms with Crippen LogP contribution >= 0.6 is 0 Å². The van der Waals surface area contributed by atoms with Crippen molar-refractivity contribution in [2.24, 2.45) is 0 Å². The van der Waals surface area contributed by atoms with Crippen LogP contribution < -0.4 is 26.8 Å². The molecule has 8 nitrogen and oxygen atoms in total. The third kappa shape index (κ3) is 5.61. The zero-order valence-corrected chi connectivity index (χ0v) is 20.4. The van der Waals surface area contributed by atoms with Crippen LogP contribution in [0.5, 0.6) is 0 Å². The molecule has 1 aliphatic heterocycles. The van der Waals surface area contributed by atoms with Gasteiger partial charge in [0.1, 0.15) is 17.9 Å². The van der Waals surface area contributed by atoms with Crippen molar-refractivity contribution < 1.29 is 22.9 Å². The van der Waals surface area contributed by atoms with E-state index >= 15 is 0 Å². The van der Waals surface area contributed by atoms with Gasteiger partial charge in [0.2, 0.25) is 5.78 Å². The van der Waals surface area contributed by atoms with Crippen LogP contribution in [0.2, 0.25) is 0 Å². The molecule has 1 aromatic heterocycles. The minimum absolute atomic E-state index is 0.0108. The molecule has 0 spiro atoms. The average molecular weight is 517 g/mol. The number of nitrogen functional groups attached to an aromatic ring is 1. The summed E-state index contributed by atoms with van der Waals surface area (Å²) in [6.07, 6.45) is -4.42. The van der Waals surface area contributed by atoms with Crippen molar-refractivity contribution in [2.75, 3.05) is 43.4 Å². The molecule has 4 rings (SSSR count). The number of alkyl halides is 3. The first-order valence-corrected chi connectivity index (χ1v) is 12.1. The molecule has 2 aromatic carbocycles. The highest BCUT2D eigenvalue weighted by atomic mass is 19.4. The zero-order chi connectivity index (χ0) is 26.7.